The highest BCUT2D eigenvalue weighted by molar-refractivity contribution is 5.77. The van der Waals surface area contributed by atoms with Crippen LogP contribution in [0.25, 0.3) is 0 Å². The van der Waals surface area contributed by atoms with Gasteiger partial charge < -0.3 is 14.6 Å². The highest BCUT2D eigenvalue weighted by atomic mass is 16.6. The van der Waals surface area contributed by atoms with Crippen molar-refractivity contribution < 1.29 is 24.2 Å². The Balaban J connectivity index is 2.54. The van der Waals surface area contributed by atoms with E-state index in [1.165, 1.54) is 0 Å². The van der Waals surface area contributed by atoms with Crippen molar-refractivity contribution in [1.82, 2.24) is 0 Å². The molecule has 0 unspecified atom stereocenters. The maximum Gasteiger partial charge on any atom is 0.349 e. The van der Waals surface area contributed by atoms with E-state index >= 15 is 0 Å². The molecule has 0 radical (unpaired) electrons. The third-order valence-electron chi connectivity index (χ3n) is 2.43. The Morgan fingerprint density at radius 3 is 2.21 bits per heavy atom. The van der Waals surface area contributed by atoms with Gasteiger partial charge in [-0.2, -0.15) is 0 Å². The van der Waals surface area contributed by atoms with E-state index in [9.17, 15) is 14.7 Å². The summed E-state index contributed by atoms with van der Waals surface area (Å²) in [7, 11) is 0. The topological polar surface area (TPSA) is 72.8 Å². The van der Waals surface area contributed by atoms with Gasteiger partial charge >= 0.3 is 11.9 Å². The van der Waals surface area contributed by atoms with Crippen molar-refractivity contribution in [2.75, 3.05) is 6.61 Å². The van der Waals surface area contributed by atoms with Gasteiger partial charge in [0.1, 0.15) is 5.75 Å². The molecule has 5 nitrogen and oxygen atoms in total. The largest absolute Gasteiger partial charge is 0.454 e. The second-order valence-electron chi connectivity index (χ2n) is 4.57. The van der Waals surface area contributed by atoms with Gasteiger partial charge in [-0.3, -0.25) is 4.79 Å². The first-order valence-corrected chi connectivity index (χ1v) is 6.02. The zero-order valence-corrected chi connectivity index (χ0v) is 11.3. The normalized spacial score (nSPS) is 10.9. The molecule has 0 aliphatic heterocycles. The lowest BCUT2D eigenvalue weighted by atomic mass is 9.99. The summed E-state index contributed by atoms with van der Waals surface area (Å²) < 4.78 is 9.63. The standard InChI is InChI=1S/C14H18O5/c1-4-12(15)18-9-13(16)19-11-7-5-10(6-8-11)14(2,3)17/h5-8,17H,4,9H2,1-3H3. The van der Waals surface area contributed by atoms with E-state index in [-0.39, 0.29) is 6.42 Å². The lowest BCUT2D eigenvalue weighted by molar-refractivity contribution is -0.153. The average molecular weight is 266 g/mol. The molecule has 0 aliphatic rings. The molecule has 0 atom stereocenters. The van der Waals surface area contributed by atoms with Crippen LogP contribution in [0, 0.1) is 0 Å². The van der Waals surface area contributed by atoms with Gasteiger partial charge in [0.05, 0.1) is 5.60 Å². The van der Waals surface area contributed by atoms with Gasteiger partial charge in [0.15, 0.2) is 6.61 Å². The third kappa shape index (κ3) is 5.09. The van der Waals surface area contributed by atoms with E-state index in [0.29, 0.717) is 11.3 Å². The number of carbonyl (C=O) groups excluding carboxylic acids is 2. The number of hydrogen-bond acceptors (Lipinski definition) is 5. The maximum absolute atomic E-state index is 11.4. The summed E-state index contributed by atoms with van der Waals surface area (Å²) in [5.74, 6) is -0.752. The SMILES string of the molecule is CCC(=O)OCC(=O)Oc1ccc(C(C)(C)O)cc1. The average Bonchev–Trinajstić information content (AvgIpc) is 2.35. The molecule has 0 bridgehead atoms. The van der Waals surface area contributed by atoms with Crippen LogP contribution in [0.15, 0.2) is 24.3 Å². The van der Waals surface area contributed by atoms with Gasteiger partial charge in [0, 0.05) is 6.42 Å². The number of hydrogen-bond donors (Lipinski definition) is 1. The van der Waals surface area contributed by atoms with Crippen LogP contribution in [-0.4, -0.2) is 23.7 Å². The van der Waals surface area contributed by atoms with Crippen molar-refractivity contribution in [3.63, 3.8) is 0 Å². The van der Waals surface area contributed by atoms with E-state index in [1.54, 1.807) is 45.0 Å². The van der Waals surface area contributed by atoms with E-state index < -0.39 is 24.1 Å². The summed E-state index contributed by atoms with van der Waals surface area (Å²) in [6, 6.07) is 6.49. The van der Waals surface area contributed by atoms with Gasteiger partial charge in [0.2, 0.25) is 0 Å². The van der Waals surface area contributed by atoms with Crippen LogP contribution in [0.2, 0.25) is 0 Å². The Morgan fingerprint density at radius 1 is 1.16 bits per heavy atom. The predicted molar refractivity (Wildman–Crippen MR) is 68.6 cm³/mol. The molecule has 0 heterocycles. The number of carbonyl (C=O) groups is 2. The molecule has 0 aromatic heterocycles. The number of esters is 2. The first kappa shape index (κ1) is 15.2. The van der Waals surface area contributed by atoms with Gasteiger partial charge in [-0.05, 0) is 31.5 Å². The minimum Gasteiger partial charge on any atom is -0.454 e. The predicted octanol–water partition coefficient (Wildman–Crippen LogP) is 1.77. The zero-order valence-electron chi connectivity index (χ0n) is 11.3. The molecule has 1 aromatic carbocycles. The Morgan fingerprint density at radius 2 is 1.74 bits per heavy atom. The molecule has 0 spiro atoms. The lowest BCUT2D eigenvalue weighted by Gasteiger charge is -2.17. The van der Waals surface area contributed by atoms with Crippen LogP contribution < -0.4 is 4.74 Å². The van der Waals surface area contributed by atoms with E-state index in [4.69, 9.17) is 4.74 Å². The maximum atomic E-state index is 11.4. The first-order valence-electron chi connectivity index (χ1n) is 6.02. The van der Waals surface area contributed by atoms with Crippen LogP contribution in [0.5, 0.6) is 5.75 Å². The van der Waals surface area contributed by atoms with E-state index in [2.05, 4.69) is 4.74 Å². The number of rotatable bonds is 5. The molecule has 1 rings (SSSR count). The van der Waals surface area contributed by atoms with Crippen molar-refractivity contribution in [1.29, 1.82) is 0 Å². The fourth-order valence-corrected chi connectivity index (χ4v) is 1.33. The molecule has 0 saturated carbocycles. The highest BCUT2D eigenvalue weighted by Crippen LogP contribution is 2.22. The van der Waals surface area contributed by atoms with Crippen molar-refractivity contribution in [2.45, 2.75) is 32.8 Å². The molecule has 19 heavy (non-hydrogen) atoms. The quantitative estimate of drug-likeness (QED) is 0.649. The van der Waals surface area contributed by atoms with Gasteiger partial charge in [-0.25, -0.2) is 4.79 Å². The van der Waals surface area contributed by atoms with Crippen molar-refractivity contribution >= 4 is 11.9 Å². The van der Waals surface area contributed by atoms with Crippen LogP contribution >= 0.6 is 0 Å². The summed E-state index contributed by atoms with van der Waals surface area (Å²) in [4.78, 5) is 22.2. The minimum absolute atomic E-state index is 0.216. The lowest BCUT2D eigenvalue weighted by Crippen LogP contribution is -2.18. The van der Waals surface area contributed by atoms with Crippen LogP contribution in [0.4, 0.5) is 0 Å². The molecule has 5 heteroatoms. The Hall–Kier alpha value is -1.88. The summed E-state index contributed by atoms with van der Waals surface area (Å²) in [5, 5.41) is 9.77. The monoisotopic (exact) mass is 266 g/mol. The van der Waals surface area contributed by atoms with Gasteiger partial charge in [-0.15, -0.1) is 0 Å². The highest BCUT2D eigenvalue weighted by Gasteiger charge is 2.16. The number of aliphatic hydroxyl groups is 1. The van der Waals surface area contributed by atoms with Crippen LogP contribution in [0.3, 0.4) is 0 Å². The number of ether oxygens (including phenoxy) is 2. The van der Waals surface area contributed by atoms with Crippen molar-refractivity contribution in [3.8, 4) is 5.75 Å². The van der Waals surface area contributed by atoms with Crippen molar-refractivity contribution in [3.05, 3.63) is 29.8 Å². The molecular weight excluding hydrogens is 248 g/mol. The second-order valence-corrected chi connectivity index (χ2v) is 4.57. The Labute approximate surface area is 112 Å². The molecule has 0 aliphatic carbocycles. The second kappa shape index (κ2) is 6.33. The molecule has 104 valence electrons. The molecule has 1 N–H and O–H groups in total. The van der Waals surface area contributed by atoms with Crippen LogP contribution in [0.1, 0.15) is 32.8 Å². The number of benzene rings is 1. The summed E-state index contributed by atoms with van der Waals surface area (Å²) in [6.45, 7) is 4.57. The van der Waals surface area contributed by atoms with Gasteiger partial charge in [-0.1, -0.05) is 19.1 Å². The Bertz CT molecular complexity index is 442. The smallest absolute Gasteiger partial charge is 0.349 e. The molecule has 0 fully saturated rings. The molecule has 0 saturated heterocycles. The molecule has 1 aromatic rings. The fourth-order valence-electron chi connectivity index (χ4n) is 1.33. The Kier molecular flexibility index (Phi) is 5.06. The van der Waals surface area contributed by atoms with E-state index in [1.807, 2.05) is 0 Å². The third-order valence-corrected chi connectivity index (χ3v) is 2.43. The zero-order chi connectivity index (χ0) is 14.5. The summed E-state index contributed by atoms with van der Waals surface area (Å²) in [5.41, 5.74) is -0.233. The van der Waals surface area contributed by atoms with Gasteiger partial charge in [0.25, 0.3) is 0 Å². The summed E-state index contributed by atoms with van der Waals surface area (Å²) in [6.07, 6.45) is 0.216. The van der Waals surface area contributed by atoms with Crippen molar-refractivity contribution in [2.24, 2.45) is 0 Å². The van der Waals surface area contributed by atoms with E-state index in [0.717, 1.165) is 0 Å². The molecular formula is C14H18O5. The minimum atomic E-state index is -0.945. The van der Waals surface area contributed by atoms with Crippen LogP contribution in [-0.2, 0) is 19.9 Å². The summed E-state index contributed by atoms with van der Waals surface area (Å²) >= 11 is 0. The first-order chi connectivity index (χ1) is 8.82. The molecule has 0 amide bonds. The fraction of sp³-hybridized carbons (Fsp3) is 0.429.